The third kappa shape index (κ3) is 4.51. The van der Waals surface area contributed by atoms with Gasteiger partial charge in [0, 0.05) is 18.2 Å². The molecule has 10 heteroatoms. The van der Waals surface area contributed by atoms with Crippen LogP contribution in [0.1, 0.15) is 21.6 Å². The van der Waals surface area contributed by atoms with Crippen LogP contribution in [0, 0.1) is 5.82 Å². The molecule has 156 valence electrons. The van der Waals surface area contributed by atoms with Crippen molar-refractivity contribution in [3.05, 3.63) is 71.3 Å². The summed E-state index contributed by atoms with van der Waals surface area (Å²) >= 11 is 0. The summed E-state index contributed by atoms with van der Waals surface area (Å²) in [5, 5.41) is 5.46. The molecule has 1 aromatic heterocycles. The molecule has 0 saturated carbocycles. The van der Waals surface area contributed by atoms with Gasteiger partial charge in [0.15, 0.2) is 11.5 Å². The number of aromatic nitrogens is 2. The highest BCUT2D eigenvalue weighted by atomic mass is 32.2. The van der Waals surface area contributed by atoms with Crippen molar-refractivity contribution >= 4 is 21.6 Å². The third-order valence-corrected chi connectivity index (χ3v) is 5.41. The van der Waals surface area contributed by atoms with Gasteiger partial charge in [0.05, 0.1) is 23.4 Å². The molecule has 2 aromatic carbocycles. The number of sulfonamides is 1. The average Bonchev–Trinajstić information content (AvgIpc) is 2.71. The minimum absolute atomic E-state index is 0.109. The average molecular weight is 430 g/mol. The van der Waals surface area contributed by atoms with Crippen LogP contribution in [-0.4, -0.2) is 37.9 Å². The zero-order valence-electron chi connectivity index (χ0n) is 16.0. The molecule has 3 aromatic rings. The van der Waals surface area contributed by atoms with Crippen LogP contribution in [0.2, 0.25) is 0 Å². The van der Waals surface area contributed by atoms with Gasteiger partial charge < -0.3 is 10.5 Å². The lowest BCUT2D eigenvalue weighted by Crippen LogP contribution is -2.17. The molecule has 0 saturated heterocycles. The zero-order valence-corrected chi connectivity index (χ0v) is 16.8. The van der Waals surface area contributed by atoms with Crippen LogP contribution in [0.3, 0.4) is 0 Å². The van der Waals surface area contributed by atoms with Crippen LogP contribution in [-0.2, 0) is 21.2 Å². The number of ketones is 1. The van der Waals surface area contributed by atoms with Gasteiger partial charge in [-0.2, -0.15) is 0 Å². The maximum Gasteiger partial charge on any atom is 0.239 e. The Morgan fingerprint density at radius 2 is 1.87 bits per heavy atom. The molecule has 0 radical (unpaired) electrons. The van der Waals surface area contributed by atoms with Crippen LogP contribution in [0.4, 0.5) is 10.2 Å². The van der Waals surface area contributed by atoms with E-state index in [4.69, 9.17) is 15.6 Å². The molecule has 0 aliphatic heterocycles. The fraction of sp³-hybridized carbons (Fsp3) is 0.150. The smallest absolute Gasteiger partial charge is 0.239 e. The topological polar surface area (TPSA) is 138 Å². The van der Waals surface area contributed by atoms with Crippen LogP contribution >= 0.6 is 0 Å². The molecule has 4 N–H and O–H groups in total. The summed E-state index contributed by atoms with van der Waals surface area (Å²) < 4.78 is 42.8. The molecule has 0 aliphatic carbocycles. The van der Waals surface area contributed by atoms with Gasteiger partial charge in [-0.1, -0.05) is 18.2 Å². The number of benzene rings is 2. The van der Waals surface area contributed by atoms with Crippen LogP contribution in [0.25, 0.3) is 11.3 Å². The fourth-order valence-electron chi connectivity index (χ4n) is 2.96. The summed E-state index contributed by atoms with van der Waals surface area (Å²) in [6.07, 6.45) is 1.57. The zero-order chi connectivity index (χ0) is 21.9. The Bertz CT molecular complexity index is 1200. The first-order valence-electron chi connectivity index (χ1n) is 8.79. The van der Waals surface area contributed by atoms with E-state index in [-0.39, 0.29) is 39.8 Å². The second-order valence-electron chi connectivity index (χ2n) is 6.41. The molecule has 0 amide bonds. The molecule has 0 atom stereocenters. The second-order valence-corrected chi connectivity index (χ2v) is 7.91. The van der Waals surface area contributed by atoms with Gasteiger partial charge in [-0.05, 0) is 36.2 Å². The van der Waals surface area contributed by atoms with Gasteiger partial charge in [0.2, 0.25) is 15.8 Å². The first kappa shape index (κ1) is 21.5. The lowest BCUT2D eigenvalue weighted by Gasteiger charge is -2.13. The maximum absolute atomic E-state index is 13.2. The number of hydrogen-bond donors (Lipinski definition) is 2. The Morgan fingerprint density at radius 3 is 2.50 bits per heavy atom. The molecule has 0 bridgehead atoms. The minimum Gasteiger partial charge on any atom is -0.384 e. The molecule has 30 heavy (non-hydrogen) atoms. The van der Waals surface area contributed by atoms with Gasteiger partial charge >= 0.3 is 0 Å². The lowest BCUT2D eigenvalue weighted by molar-refractivity contribution is 0.103. The van der Waals surface area contributed by atoms with Gasteiger partial charge in [0.1, 0.15) is 5.82 Å². The number of nitrogen functional groups attached to an aromatic ring is 1. The highest BCUT2D eigenvalue weighted by Crippen LogP contribution is 2.29. The van der Waals surface area contributed by atoms with E-state index >= 15 is 0 Å². The standard InChI is InChI=1S/C20H19FN4O4S/c1-29-10-9-13-3-2-4-15(19(13)30(23,27)28)16-11-24-20(22)17(25-16)18(26)12-5-7-14(21)8-6-12/h2-8,11H,9-10H2,1H3,(H2,22,24)(H2,23,27,28). The van der Waals surface area contributed by atoms with Gasteiger partial charge in [0.25, 0.3) is 0 Å². The SMILES string of the molecule is COCCc1cccc(-c2cnc(N)c(C(=O)c3ccc(F)cc3)n2)c1S(N)(=O)=O. The third-order valence-electron chi connectivity index (χ3n) is 4.35. The van der Waals surface area contributed by atoms with Gasteiger partial charge in [-0.25, -0.2) is 27.9 Å². The molecule has 0 spiro atoms. The summed E-state index contributed by atoms with van der Waals surface area (Å²) in [6.45, 7) is 0.285. The Balaban J connectivity index is 2.15. The van der Waals surface area contributed by atoms with Crippen molar-refractivity contribution in [2.75, 3.05) is 19.5 Å². The number of hydrogen-bond acceptors (Lipinski definition) is 7. The summed E-state index contributed by atoms with van der Waals surface area (Å²) in [5.41, 5.74) is 6.55. The predicted octanol–water partition coefficient (Wildman–Crippen LogP) is 1.93. The summed E-state index contributed by atoms with van der Waals surface area (Å²) in [5.74, 6) is -1.21. The summed E-state index contributed by atoms with van der Waals surface area (Å²) in [4.78, 5) is 20.9. The fourth-order valence-corrected chi connectivity index (χ4v) is 3.98. The van der Waals surface area contributed by atoms with Crippen LogP contribution < -0.4 is 10.9 Å². The lowest BCUT2D eigenvalue weighted by atomic mass is 10.0. The Kier molecular flexibility index (Phi) is 6.20. The number of nitrogens with zero attached hydrogens (tertiary/aromatic N) is 2. The quantitative estimate of drug-likeness (QED) is 0.546. The van der Waals surface area contributed by atoms with E-state index in [2.05, 4.69) is 9.97 Å². The molecule has 0 fully saturated rings. The molecule has 8 nitrogen and oxygen atoms in total. The van der Waals surface area contributed by atoms with E-state index in [0.717, 1.165) is 12.1 Å². The van der Waals surface area contributed by atoms with Crippen molar-refractivity contribution in [2.24, 2.45) is 5.14 Å². The van der Waals surface area contributed by atoms with E-state index in [0.29, 0.717) is 12.0 Å². The number of methoxy groups -OCH3 is 1. The van der Waals surface area contributed by atoms with Crippen molar-refractivity contribution < 1.29 is 22.3 Å². The van der Waals surface area contributed by atoms with Gasteiger partial charge in [-0.15, -0.1) is 0 Å². The minimum atomic E-state index is -4.12. The van der Waals surface area contributed by atoms with Gasteiger partial charge in [-0.3, -0.25) is 4.79 Å². The maximum atomic E-state index is 13.2. The predicted molar refractivity (Wildman–Crippen MR) is 109 cm³/mol. The van der Waals surface area contributed by atoms with Crippen molar-refractivity contribution in [3.8, 4) is 11.3 Å². The number of carbonyl (C=O) groups excluding carboxylic acids is 1. The normalized spacial score (nSPS) is 11.4. The number of anilines is 1. The van der Waals surface area contributed by atoms with Crippen molar-refractivity contribution in [1.82, 2.24) is 9.97 Å². The van der Waals surface area contributed by atoms with Crippen molar-refractivity contribution in [1.29, 1.82) is 0 Å². The van der Waals surface area contributed by atoms with E-state index in [1.807, 2.05) is 0 Å². The van der Waals surface area contributed by atoms with E-state index in [1.165, 1.54) is 31.5 Å². The molecule has 0 unspecified atom stereocenters. The Morgan fingerprint density at radius 1 is 1.17 bits per heavy atom. The van der Waals surface area contributed by atoms with Crippen LogP contribution in [0.5, 0.6) is 0 Å². The summed E-state index contributed by atoms with van der Waals surface area (Å²) in [6, 6.07) is 9.66. The van der Waals surface area contributed by atoms with E-state index in [1.54, 1.807) is 12.1 Å². The molecule has 0 aliphatic rings. The Hall–Kier alpha value is -3.21. The summed E-state index contributed by atoms with van der Waals surface area (Å²) in [7, 11) is -2.62. The highest BCUT2D eigenvalue weighted by molar-refractivity contribution is 7.89. The van der Waals surface area contributed by atoms with Crippen LogP contribution in [0.15, 0.2) is 53.6 Å². The van der Waals surface area contributed by atoms with E-state index in [9.17, 15) is 17.6 Å². The van der Waals surface area contributed by atoms with E-state index < -0.39 is 21.6 Å². The molecule has 3 rings (SSSR count). The van der Waals surface area contributed by atoms with Crippen molar-refractivity contribution in [2.45, 2.75) is 11.3 Å². The largest absolute Gasteiger partial charge is 0.384 e. The second kappa shape index (κ2) is 8.66. The number of primary sulfonamides is 1. The number of carbonyl (C=O) groups is 1. The first-order chi connectivity index (χ1) is 14.2. The molecule has 1 heterocycles. The first-order valence-corrected chi connectivity index (χ1v) is 10.3. The molecular formula is C20H19FN4O4S. The Labute approximate surface area is 172 Å². The highest BCUT2D eigenvalue weighted by Gasteiger charge is 2.23. The van der Waals surface area contributed by atoms with Crippen molar-refractivity contribution in [3.63, 3.8) is 0 Å². The number of halogens is 1. The number of rotatable bonds is 7. The monoisotopic (exact) mass is 430 g/mol. The molecular weight excluding hydrogens is 411 g/mol. The number of ether oxygens (including phenoxy) is 1. The number of nitrogens with two attached hydrogens (primary N) is 2.